The third kappa shape index (κ3) is 4.46. The lowest BCUT2D eigenvalue weighted by molar-refractivity contribution is 0.265. The molecule has 2 aromatic carbocycles. The van der Waals surface area contributed by atoms with Gasteiger partial charge in [-0.2, -0.15) is 0 Å². The van der Waals surface area contributed by atoms with Crippen LogP contribution in [0.5, 0.6) is 0 Å². The first-order valence-electron chi connectivity index (χ1n) is 9.04. The molecule has 1 saturated carbocycles. The number of aliphatic hydroxyl groups excluding tert-OH is 1. The molecule has 0 bridgehead atoms. The summed E-state index contributed by atoms with van der Waals surface area (Å²) in [5, 5.41) is 16.5. The molecule has 0 aromatic heterocycles. The van der Waals surface area contributed by atoms with Crippen molar-refractivity contribution >= 4 is 21.9 Å². The molecule has 5 heteroatoms. The number of nitrogens with one attached hydrogen (secondary N) is 2. The zero-order chi connectivity index (χ0) is 18.4. The number of halogens is 1. The van der Waals surface area contributed by atoms with Gasteiger partial charge in [-0.15, -0.1) is 0 Å². The molecule has 3 N–H and O–H groups in total. The topological polar surface area (TPSA) is 56.7 Å². The Morgan fingerprint density at radius 1 is 1.12 bits per heavy atom. The summed E-state index contributed by atoms with van der Waals surface area (Å²) >= 11 is 3.68. The van der Waals surface area contributed by atoms with Gasteiger partial charge in [-0.3, -0.25) is 4.99 Å². The molecule has 0 radical (unpaired) electrons. The fourth-order valence-electron chi connectivity index (χ4n) is 3.29. The van der Waals surface area contributed by atoms with E-state index in [1.54, 1.807) is 7.05 Å². The van der Waals surface area contributed by atoms with E-state index in [1.165, 1.54) is 22.9 Å². The van der Waals surface area contributed by atoms with E-state index < -0.39 is 0 Å². The lowest BCUT2D eigenvalue weighted by atomic mass is 9.96. The van der Waals surface area contributed by atoms with Crippen molar-refractivity contribution in [1.29, 1.82) is 0 Å². The summed E-state index contributed by atoms with van der Waals surface area (Å²) in [4.78, 5) is 4.34. The lowest BCUT2D eigenvalue weighted by Gasteiger charge is -2.22. The number of rotatable bonds is 7. The number of hydrogen-bond acceptors (Lipinski definition) is 2. The van der Waals surface area contributed by atoms with Crippen LogP contribution in [0.25, 0.3) is 0 Å². The van der Waals surface area contributed by atoms with Gasteiger partial charge in [-0.25, -0.2) is 0 Å². The summed E-state index contributed by atoms with van der Waals surface area (Å²) in [5.41, 5.74) is 2.68. The second-order valence-electron chi connectivity index (χ2n) is 6.86. The smallest absolute Gasteiger partial charge is 0.191 e. The van der Waals surface area contributed by atoms with Crippen molar-refractivity contribution in [2.45, 2.75) is 24.2 Å². The van der Waals surface area contributed by atoms with Crippen LogP contribution in [0.3, 0.4) is 0 Å². The Kier molecular flexibility index (Phi) is 6.33. The Balaban J connectivity index is 1.56. The van der Waals surface area contributed by atoms with Crippen molar-refractivity contribution in [3.8, 4) is 0 Å². The second-order valence-corrected chi connectivity index (χ2v) is 7.71. The van der Waals surface area contributed by atoms with Crippen LogP contribution in [0.4, 0.5) is 0 Å². The van der Waals surface area contributed by atoms with Crippen LogP contribution in [0.15, 0.2) is 64.1 Å². The van der Waals surface area contributed by atoms with Gasteiger partial charge >= 0.3 is 0 Å². The third-order valence-electron chi connectivity index (χ3n) is 5.12. The minimum Gasteiger partial charge on any atom is -0.396 e. The number of nitrogens with zero attached hydrogens (tertiary/aromatic N) is 1. The van der Waals surface area contributed by atoms with E-state index in [4.69, 9.17) is 0 Å². The van der Waals surface area contributed by atoms with Gasteiger partial charge in [0.15, 0.2) is 5.96 Å². The number of benzene rings is 2. The normalized spacial score (nSPS) is 16.8. The minimum absolute atomic E-state index is 0.0490. The van der Waals surface area contributed by atoms with E-state index in [0.29, 0.717) is 6.54 Å². The number of hydrogen-bond donors (Lipinski definition) is 3. The highest BCUT2D eigenvalue weighted by molar-refractivity contribution is 9.10. The molecular weight excluding hydrogens is 390 g/mol. The molecule has 138 valence electrons. The summed E-state index contributed by atoms with van der Waals surface area (Å²) in [6, 6.07) is 18.5. The molecule has 0 heterocycles. The van der Waals surface area contributed by atoms with Crippen LogP contribution < -0.4 is 10.6 Å². The van der Waals surface area contributed by atoms with Crippen molar-refractivity contribution in [3.63, 3.8) is 0 Å². The highest BCUT2D eigenvalue weighted by Gasteiger charge is 2.45. The van der Waals surface area contributed by atoms with Crippen LogP contribution in [-0.4, -0.2) is 37.8 Å². The Morgan fingerprint density at radius 2 is 1.81 bits per heavy atom. The van der Waals surface area contributed by atoms with E-state index in [1.807, 2.05) is 30.3 Å². The van der Waals surface area contributed by atoms with Gasteiger partial charge in [0, 0.05) is 35.9 Å². The summed E-state index contributed by atoms with van der Waals surface area (Å²) in [6.45, 7) is 1.60. The Bertz CT molecular complexity index is 744. The van der Waals surface area contributed by atoms with Crippen LogP contribution in [0.1, 0.15) is 29.9 Å². The summed E-state index contributed by atoms with van der Waals surface area (Å²) in [5.74, 6) is 0.825. The first-order chi connectivity index (χ1) is 12.7. The van der Waals surface area contributed by atoms with Crippen LogP contribution in [0.2, 0.25) is 0 Å². The third-order valence-corrected chi connectivity index (χ3v) is 5.82. The zero-order valence-corrected chi connectivity index (χ0v) is 16.7. The SMILES string of the molecule is CN=C(NCC(CO)c1ccccc1)NCC1(c2ccccc2Br)CC1. The van der Waals surface area contributed by atoms with E-state index >= 15 is 0 Å². The average Bonchev–Trinajstić information content (AvgIpc) is 3.47. The van der Waals surface area contributed by atoms with Crippen LogP contribution in [0, 0.1) is 0 Å². The van der Waals surface area contributed by atoms with Crippen molar-refractivity contribution in [3.05, 3.63) is 70.2 Å². The van der Waals surface area contributed by atoms with Gasteiger partial charge in [-0.05, 0) is 30.0 Å². The molecule has 0 spiro atoms. The van der Waals surface area contributed by atoms with Crippen molar-refractivity contribution in [1.82, 2.24) is 10.6 Å². The molecule has 1 atom stereocenters. The summed E-state index contributed by atoms with van der Waals surface area (Å²) in [6.07, 6.45) is 2.37. The molecule has 1 unspecified atom stereocenters. The quantitative estimate of drug-likeness (QED) is 0.479. The molecular formula is C21H26BrN3O. The zero-order valence-electron chi connectivity index (χ0n) is 15.1. The summed E-state index contributed by atoms with van der Waals surface area (Å²) < 4.78 is 1.17. The second kappa shape index (κ2) is 8.69. The van der Waals surface area contributed by atoms with Crippen LogP contribution >= 0.6 is 15.9 Å². The van der Waals surface area contributed by atoms with E-state index in [0.717, 1.165) is 18.1 Å². The Labute approximate surface area is 163 Å². The van der Waals surface area contributed by atoms with Gasteiger partial charge in [0.2, 0.25) is 0 Å². The fourth-order valence-corrected chi connectivity index (χ4v) is 4.00. The standard InChI is InChI=1S/C21H26BrN3O/c1-23-20(24-13-17(14-26)16-7-3-2-4-8-16)25-15-21(11-12-21)18-9-5-6-10-19(18)22/h2-10,17,26H,11-15H2,1H3,(H2,23,24,25). The van der Waals surface area contributed by atoms with Crippen molar-refractivity contribution in [2.75, 3.05) is 26.7 Å². The molecule has 1 fully saturated rings. The maximum atomic E-state index is 9.71. The van der Waals surface area contributed by atoms with Gasteiger partial charge in [-0.1, -0.05) is 64.5 Å². The fraction of sp³-hybridized carbons (Fsp3) is 0.381. The monoisotopic (exact) mass is 415 g/mol. The molecule has 3 rings (SSSR count). The first-order valence-corrected chi connectivity index (χ1v) is 9.83. The van der Waals surface area contributed by atoms with E-state index in [-0.39, 0.29) is 17.9 Å². The van der Waals surface area contributed by atoms with Crippen LogP contribution in [-0.2, 0) is 5.41 Å². The van der Waals surface area contributed by atoms with Crippen molar-refractivity contribution < 1.29 is 5.11 Å². The molecule has 1 aliphatic carbocycles. The number of aliphatic imine (C=N–C) groups is 1. The van der Waals surface area contributed by atoms with Crippen molar-refractivity contribution in [2.24, 2.45) is 4.99 Å². The molecule has 1 aliphatic rings. The van der Waals surface area contributed by atoms with Gasteiger partial charge in [0.25, 0.3) is 0 Å². The highest BCUT2D eigenvalue weighted by atomic mass is 79.9. The molecule has 0 aliphatic heterocycles. The molecule has 0 saturated heterocycles. The average molecular weight is 416 g/mol. The number of aliphatic hydroxyl groups is 1. The first kappa shape index (κ1) is 18.9. The maximum Gasteiger partial charge on any atom is 0.191 e. The molecule has 2 aromatic rings. The molecule has 0 amide bonds. The largest absolute Gasteiger partial charge is 0.396 e. The summed E-state index contributed by atoms with van der Waals surface area (Å²) in [7, 11) is 1.78. The minimum atomic E-state index is 0.0490. The number of guanidine groups is 1. The van der Waals surface area contributed by atoms with Gasteiger partial charge in [0.1, 0.15) is 0 Å². The Hall–Kier alpha value is -1.85. The molecule has 26 heavy (non-hydrogen) atoms. The van der Waals surface area contributed by atoms with E-state index in [2.05, 4.69) is 55.8 Å². The maximum absolute atomic E-state index is 9.71. The lowest BCUT2D eigenvalue weighted by Crippen LogP contribution is -2.43. The molecule has 4 nitrogen and oxygen atoms in total. The van der Waals surface area contributed by atoms with Gasteiger partial charge in [0.05, 0.1) is 6.61 Å². The predicted molar refractivity (Wildman–Crippen MR) is 111 cm³/mol. The highest BCUT2D eigenvalue weighted by Crippen LogP contribution is 2.49. The van der Waals surface area contributed by atoms with Gasteiger partial charge < -0.3 is 15.7 Å². The van der Waals surface area contributed by atoms with E-state index in [9.17, 15) is 5.11 Å². The predicted octanol–water partition coefficient (Wildman–Crippen LogP) is 3.42. The Morgan fingerprint density at radius 3 is 2.42 bits per heavy atom.